The number of rotatable bonds is 6. The van der Waals surface area contributed by atoms with Crippen molar-refractivity contribution in [3.63, 3.8) is 0 Å². The molecular formula is C16H19FN2O2. The van der Waals surface area contributed by atoms with Crippen LogP contribution in [-0.4, -0.2) is 25.7 Å². The standard InChI is InChI=1S/C16H19FN2O2/c1-4-19-15(11-8-9-18-10-13(11)17)12-6-5-7-14(20-2)16(12)21-3/h5-10,15,19H,4H2,1-3H3. The number of aromatic nitrogens is 1. The number of nitrogens with zero attached hydrogens (tertiary/aromatic N) is 1. The van der Waals surface area contributed by atoms with E-state index in [1.54, 1.807) is 26.5 Å². The fourth-order valence-electron chi connectivity index (χ4n) is 2.35. The highest BCUT2D eigenvalue weighted by molar-refractivity contribution is 5.50. The zero-order valence-electron chi connectivity index (χ0n) is 12.4. The molecule has 0 amide bonds. The lowest BCUT2D eigenvalue weighted by atomic mass is 9.97. The van der Waals surface area contributed by atoms with E-state index < -0.39 is 0 Å². The number of hydrogen-bond acceptors (Lipinski definition) is 4. The topological polar surface area (TPSA) is 43.4 Å². The van der Waals surface area contributed by atoms with Gasteiger partial charge in [-0.05, 0) is 18.7 Å². The van der Waals surface area contributed by atoms with E-state index in [0.29, 0.717) is 23.6 Å². The Morgan fingerprint density at radius 2 is 2.00 bits per heavy atom. The number of para-hydroxylation sites is 1. The minimum Gasteiger partial charge on any atom is -0.493 e. The van der Waals surface area contributed by atoms with Crippen LogP contribution in [0.15, 0.2) is 36.7 Å². The van der Waals surface area contributed by atoms with Gasteiger partial charge in [-0.3, -0.25) is 4.98 Å². The minimum atomic E-state index is -0.353. The van der Waals surface area contributed by atoms with Crippen molar-refractivity contribution < 1.29 is 13.9 Å². The molecule has 0 aliphatic heterocycles. The van der Waals surface area contributed by atoms with E-state index in [1.165, 1.54) is 6.20 Å². The summed E-state index contributed by atoms with van der Waals surface area (Å²) in [4.78, 5) is 3.80. The van der Waals surface area contributed by atoms with E-state index in [1.807, 2.05) is 25.1 Å². The molecule has 1 heterocycles. The fourth-order valence-corrected chi connectivity index (χ4v) is 2.35. The van der Waals surface area contributed by atoms with Gasteiger partial charge in [-0.1, -0.05) is 19.1 Å². The van der Waals surface area contributed by atoms with Crippen LogP contribution in [0.5, 0.6) is 11.5 Å². The average Bonchev–Trinajstić information content (AvgIpc) is 2.52. The first-order valence-corrected chi connectivity index (χ1v) is 6.76. The molecular weight excluding hydrogens is 271 g/mol. The molecule has 1 N–H and O–H groups in total. The van der Waals surface area contributed by atoms with Crippen LogP contribution in [0.1, 0.15) is 24.1 Å². The molecule has 0 bridgehead atoms. The summed E-state index contributed by atoms with van der Waals surface area (Å²) in [5.74, 6) is 0.864. The van der Waals surface area contributed by atoms with Gasteiger partial charge in [0.15, 0.2) is 11.5 Å². The monoisotopic (exact) mass is 290 g/mol. The largest absolute Gasteiger partial charge is 0.493 e. The van der Waals surface area contributed by atoms with Crippen molar-refractivity contribution in [2.45, 2.75) is 13.0 Å². The number of hydrogen-bond donors (Lipinski definition) is 1. The fraction of sp³-hybridized carbons (Fsp3) is 0.312. The van der Waals surface area contributed by atoms with Gasteiger partial charge in [0.2, 0.25) is 0 Å². The molecule has 0 fully saturated rings. The van der Waals surface area contributed by atoms with Gasteiger partial charge in [-0.25, -0.2) is 4.39 Å². The molecule has 4 nitrogen and oxygen atoms in total. The first-order chi connectivity index (χ1) is 10.2. The molecule has 2 rings (SSSR count). The summed E-state index contributed by atoms with van der Waals surface area (Å²) in [5.41, 5.74) is 1.35. The van der Waals surface area contributed by atoms with Gasteiger partial charge in [-0.2, -0.15) is 0 Å². The summed E-state index contributed by atoms with van der Waals surface area (Å²) in [7, 11) is 3.16. The van der Waals surface area contributed by atoms with Crippen molar-refractivity contribution in [1.29, 1.82) is 0 Å². The number of halogens is 1. The Labute approximate surface area is 123 Å². The summed E-state index contributed by atoms with van der Waals surface area (Å²) in [6.07, 6.45) is 2.79. The van der Waals surface area contributed by atoms with Crippen LogP contribution < -0.4 is 14.8 Å². The Hall–Kier alpha value is -2.14. The van der Waals surface area contributed by atoms with Crippen molar-refractivity contribution in [2.75, 3.05) is 20.8 Å². The lowest BCUT2D eigenvalue weighted by Crippen LogP contribution is -2.23. The molecule has 1 aromatic heterocycles. The Bertz CT molecular complexity index is 605. The van der Waals surface area contributed by atoms with E-state index in [0.717, 1.165) is 5.56 Å². The third-order valence-corrected chi connectivity index (χ3v) is 3.27. The van der Waals surface area contributed by atoms with Gasteiger partial charge in [-0.15, -0.1) is 0 Å². The second-order valence-electron chi connectivity index (χ2n) is 4.47. The quantitative estimate of drug-likeness (QED) is 0.888. The predicted octanol–water partition coefficient (Wildman–Crippen LogP) is 2.94. The second kappa shape index (κ2) is 7.04. The van der Waals surface area contributed by atoms with Crippen molar-refractivity contribution in [1.82, 2.24) is 10.3 Å². The maximum absolute atomic E-state index is 14.1. The van der Waals surface area contributed by atoms with Crippen LogP contribution in [0, 0.1) is 5.82 Å². The normalized spacial score (nSPS) is 12.0. The average molecular weight is 290 g/mol. The van der Waals surface area contributed by atoms with Crippen molar-refractivity contribution in [2.24, 2.45) is 0 Å². The number of benzene rings is 1. The number of pyridine rings is 1. The maximum atomic E-state index is 14.1. The third-order valence-electron chi connectivity index (χ3n) is 3.27. The van der Waals surface area contributed by atoms with E-state index in [9.17, 15) is 4.39 Å². The van der Waals surface area contributed by atoms with Gasteiger partial charge >= 0.3 is 0 Å². The molecule has 0 saturated heterocycles. The smallest absolute Gasteiger partial charge is 0.165 e. The van der Waals surface area contributed by atoms with Gasteiger partial charge in [0, 0.05) is 17.3 Å². The van der Waals surface area contributed by atoms with Gasteiger partial charge in [0.1, 0.15) is 5.82 Å². The lowest BCUT2D eigenvalue weighted by molar-refractivity contribution is 0.348. The molecule has 0 spiro atoms. The first kappa shape index (κ1) is 15.3. The number of methoxy groups -OCH3 is 2. The lowest BCUT2D eigenvalue weighted by Gasteiger charge is -2.22. The van der Waals surface area contributed by atoms with Crippen LogP contribution in [-0.2, 0) is 0 Å². The summed E-state index contributed by atoms with van der Waals surface area (Å²) < 4.78 is 24.9. The Morgan fingerprint density at radius 3 is 2.62 bits per heavy atom. The highest BCUT2D eigenvalue weighted by Gasteiger charge is 2.22. The second-order valence-corrected chi connectivity index (χ2v) is 4.47. The molecule has 5 heteroatoms. The SMILES string of the molecule is CCNC(c1ccncc1F)c1cccc(OC)c1OC. The Morgan fingerprint density at radius 1 is 1.19 bits per heavy atom. The molecule has 0 aliphatic rings. The molecule has 1 unspecified atom stereocenters. The maximum Gasteiger partial charge on any atom is 0.165 e. The third kappa shape index (κ3) is 3.13. The van der Waals surface area contributed by atoms with E-state index in [4.69, 9.17) is 9.47 Å². The first-order valence-electron chi connectivity index (χ1n) is 6.76. The van der Waals surface area contributed by atoms with Gasteiger partial charge < -0.3 is 14.8 Å². The molecule has 0 saturated carbocycles. The minimum absolute atomic E-state index is 0.331. The van der Waals surface area contributed by atoms with Crippen molar-refractivity contribution >= 4 is 0 Å². The summed E-state index contributed by atoms with van der Waals surface area (Å²) >= 11 is 0. The predicted molar refractivity (Wildman–Crippen MR) is 79.3 cm³/mol. The van der Waals surface area contributed by atoms with E-state index >= 15 is 0 Å². The summed E-state index contributed by atoms with van der Waals surface area (Å²) in [5, 5.41) is 3.28. The van der Waals surface area contributed by atoms with E-state index in [2.05, 4.69) is 10.3 Å². The van der Waals surface area contributed by atoms with Crippen LogP contribution in [0.4, 0.5) is 4.39 Å². The number of ether oxygens (including phenoxy) is 2. The zero-order chi connectivity index (χ0) is 15.2. The number of nitrogens with one attached hydrogen (secondary N) is 1. The summed E-state index contributed by atoms with van der Waals surface area (Å²) in [6.45, 7) is 2.66. The van der Waals surface area contributed by atoms with E-state index in [-0.39, 0.29) is 11.9 Å². The highest BCUT2D eigenvalue weighted by Crippen LogP contribution is 2.37. The molecule has 2 aromatic rings. The van der Waals surface area contributed by atoms with Crippen LogP contribution >= 0.6 is 0 Å². The molecule has 21 heavy (non-hydrogen) atoms. The molecule has 0 radical (unpaired) electrons. The Kier molecular flexibility index (Phi) is 5.11. The molecule has 1 aromatic carbocycles. The molecule has 112 valence electrons. The van der Waals surface area contributed by atoms with Crippen LogP contribution in [0.25, 0.3) is 0 Å². The van der Waals surface area contributed by atoms with Crippen LogP contribution in [0.3, 0.4) is 0 Å². The van der Waals surface area contributed by atoms with Crippen molar-refractivity contribution in [3.05, 3.63) is 53.6 Å². The zero-order valence-corrected chi connectivity index (χ0v) is 12.4. The Balaban J connectivity index is 2.56. The van der Waals surface area contributed by atoms with Gasteiger partial charge in [0.25, 0.3) is 0 Å². The van der Waals surface area contributed by atoms with Crippen molar-refractivity contribution in [3.8, 4) is 11.5 Å². The molecule has 0 aliphatic carbocycles. The van der Waals surface area contributed by atoms with Crippen LogP contribution in [0.2, 0.25) is 0 Å². The van der Waals surface area contributed by atoms with Gasteiger partial charge in [0.05, 0.1) is 26.5 Å². The highest BCUT2D eigenvalue weighted by atomic mass is 19.1. The summed E-state index contributed by atoms with van der Waals surface area (Å²) in [6, 6.07) is 6.91. The molecule has 1 atom stereocenters.